The zero-order valence-corrected chi connectivity index (χ0v) is 6.97. The van der Waals surface area contributed by atoms with E-state index in [1.807, 2.05) is 0 Å². The molecule has 0 saturated carbocycles. The molecular weight excluding hydrogens is 170 g/mol. The van der Waals surface area contributed by atoms with Crippen LogP contribution in [0.1, 0.15) is 22.0 Å². The number of carboxylic acids is 1. The van der Waals surface area contributed by atoms with Gasteiger partial charge in [0.05, 0.1) is 18.2 Å². The summed E-state index contributed by atoms with van der Waals surface area (Å²) in [7, 11) is 0. The first-order chi connectivity index (χ1) is 6.15. The first kappa shape index (κ1) is 9.70. The topological polar surface area (TPSA) is 83.5 Å². The molecule has 1 aromatic rings. The maximum atomic E-state index is 10.5. The molecule has 1 rings (SSSR count). The number of aromatic carboxylic acids is 1. The summed E-state index contributed by atoms with van der Waals surface area (Å²) in [5, 5.41) is 17.3. The predicted octanol–water partition coefficient (Wildman–Crippen LogP) is 0.377. The molecule has 0 aliphatic heterocycles. The van der Waals surface area contributed by atoms with Gasteiger partial charge in [0.25, 0.3) is 0 Å². The van der Waals surface area contributed by atoms with Gasteiger partial charge < -0.3 is 15.9 Å². The van der Waals surface area contributed by atoms with E-state index in [9.17, 15) is 4.79 Å². The molecule has 0 aromatic heterocycles. The van der Waals surface area contributed by atoms with Crippen LogP contribution in [0, 0.1) is 0 Å². The van der Waals surface area contributed by atoms with E-state index in [0.29, 0.717) is 0 Å². The smallest absolute Gasteiger partial charge is 0.335 e. The highest BCUT2D eigenvalue weighted by molar-refractivity contribution is 5.87. The fourth-order valence-electron chi connectivity index (χ4n) is 0.978. The van der Waals surface area contributed by atoms with Crippen molar-refractivity contribution in [2.24, 2.45) is 5.73 Å². The maximum Gasteiger partial charge on any atom is 0.335 e. The van der Waals surface area contributed by atoms with E-state index < -0.39 is 12.0 Å². The lowest BCUT2D eigenvalue weighted by Gasteiger charge is -2.07. The molecule has 0 unspecified atom stereocenters. The van der Waals surface area contributed by atoms with Crippen LogP contribution in [0.3, 0.4) is 0 Å². The molecule has 0 bridgehead atoms. The molecule has 4 nitrogen and oxygen atoms in total. The SMILES string of the molecule is N[C@@H](CO)c1ccc(C(=O)O)cc1. The van der Waals surface area contributed by atoms with Gasteiger partial charge in [0.15, 0.2) is 0 Å². The first-order valence-electron chi connectivity index (χ1n) is 3.85. The molecule has 4 heteroatoms. The average molecular weight is 181 g/mol. The lowest BCUT2D eigenvalue weighted by molar-refractivity contribution is 0.0697. The Morgan fingerprint density at radius 1 is 1.38 bits per heavy atom. The third kappa shape index (κ3) is 2.27. The minimum atomic E-state index is -0.968. The number of rotatable bonds is 3. The van der Waals surface area contributed by atoms with E-state index >= 15 is 0 Å². The van der Waals surface area contributed by atoms with E-state index in [1.54, 1.807) is 12.1 Å². The Hall–Kier alpha value is -1.39. The van der Waals surface area contributed by atoms with Crippen LogP contribution in [-0.2, 0) is 0 Å². The standard InChI is InChI=1S/C9H11NO3/c10-8(5-11)6-1-3-7(4-2-6)9(12)13/h1-4,8,11H,5,10H2,(H,12,13)/t8-/m0/s1. The van der Waals surface area contributed by atoms with E-state index in [0.717, 1.165) is 5.56 Å². The molecule has 0 aliphatic carbocycles. The summed E-state index contributed by atoms with van der Waals surface area (Å²) in [6.07, 6.45) is 0. The predicted molar refractivity (Wildman–Crippen MR) is 47.4 cm³/mol. The largest absolute Gasteiger partial charge is 0.478 e. The fourth-order valence-corrected chi connectivity index (χ4v) is 0.978. The third-order valence-corrected chi connectivity index (χ3v) is 1.78. The molecule has 1 aromatic carbocycles. The Morgan fingerprint density at radius 3 is 2.31 bits per heavy atom. The van der Waals surface area contributed by atoms with Crippen LogP contribution in [0.15, 0.2) is 24.3 Å². The van der Waals surface area contributed by atoms with Gasteiger partial charge in [-0.05, 0) is 17.7 Å². The summed E-state index contributed by atoms with van der Waals surface area (Å²) in [6, 6.07) is 5.69. The summed E-state index contributed by atoms with van der Waals surface area (Å²) < 4.78 is 0. The zero-order chi connectivity index (χ0) is 9.84. The number of benzene rings is 1. The fraction of sp³-hybridized carbons (Fsp3) is 0.222. The Labute approximate surface area is 75.6 Å². The molecule has 0 amide bonds. The van der Waals surface area contributed by atoms with Gasteiger partial charge in [0.1, 0.15) is 0 Å². The van der Waals surface area contributed by atoms with Gasteiger partial charge in [0.2, 0.25) is 0 Å². The van der Waals surface area contributed by atoms with Crippen LogP contribution in [0.5, 0.6) is 0 Å². The molecule has 4 N–H and O–H groups in total. The van der Waals surface area contributed by atoms with E-state index in [4.69, 9.17) is 15.9 Å². The Kier molecular flexibility index (Phi) is 3.00. The summed E-state index contributed by atoms with van der Waals surface area (Å²) >= 11 is 0. The summed E-state index contributed by atoms with van der Waals surface area (Å²) in [6.45, 7) is -0.146. The highest BCUT2D eigenvalue weighted by Crippen LogP contribution is 2.10. The molecular formula is C9H11NO3. The molecule has 70 valence electrons. The van der Waals surface area contributed by atoms with Crippen molar-refractivity contribution in [1.82, 2.24) is 0 Å². The molecule has 0 fully saturated rings. The van der Waals surface area contributed by atoms with Crippen molar-refractivity contribution >= 4 is 5.97 Å². The number of carbonyl (C=O) groups is 1. The second kappa shape index (κ2) is 4.02. The van der Waals surface area contributed by atoms with Crippen molar-refractivity contribution in [2.75, 3.05) is 6.61 Å². The van der Waals surface area contributed by atoms with Crippen molar-refractivity contribution in [2.45, 2.75) is 6.04 Å². The number of carboxylic acid groups (broad SMARTS) is 1. The monoisotopic (exact) mass is 181 g/mol. The van der Waals surface area contributed by atoms with E-state index in [1.165, 1.54) is 12.1 Å². The average Bonchev–Trinajstić information content (AvgIpc) is 2.17. The summed E-state index contributed by atoms with van der Waals surface area (Å²) in [5.74, 6) is -0.968. The summed E-state index contributed by atoms with van der Waals surface area (Å²) in [5.41, 5.74) is 6.47. The second-order valence-corrected chi connectivity index (χ2v) is 2.72. The van der Waals surface area contributed by atoms with Crippen molar-refractivity contribution < 1.29 is 15.0 Å². The Balaban J connectivity index is 2.87. The number of nitrogens with two attached hydrogens (primary N) is 1. The van der Waals surface area contributed by atoms with Gasteiger partial charge in [0, 0.05) is 0 Å². The molecule has 0 aliphatic rings. The van der Waals surface area contributed by atoms with Crippen molar-refractivity contribution in [3.63, 3.8) is 0 Å². The van der Waals surface area contributed by atoms with Gasteiger partial charge in [-0.1, -0.05) is 12.1 Å². The van der Waals surface area contributed by atoms with Crippen molar-refractivity contribution in [3.05, 3.63) is 35.4 Å². The number of hydrogen-bond acceptors (Lipinski definition) is 3. The number of aliphatic hydroxyl groups excluding tert-OH is 1. The molecule has 0 heterocycles. The van der Waals surface area contributed by atoms with Crippen LogP contribution < -0.4 is 5.73 Å². The van der Waals surface area contributed by atoms with Crippen LogP contribution in [0.25, 0.3) is 0 Å². The molecule has 0 saturated heterocycles. The van der Waals surface area contributed by atoms with Gasteiger partial charge >= 0.3 is 5.97 Å². The van der Waals surface area contributed by atoms with Gasteiger partial charge in [-0.25, -0.2) is 4.79 Å². The molecule has 0 radical (unpaired) electrons. The quantitative estimate of drug-likeness (QED) is 0.629. The highest BCUT2D eigenvalue weighted by atomic mass is 16.4. The minimum Gasteiger partial charge on any atom is -0.478 e. The van der Waals surface area contributed by atoms with Crippen LogP contribution >= 0.6 is 0 Å². The highest BCUT2D eigenvalue weighted by Gasteiger charge is 2.05. The van der Waals surface area contributed by atoms with Crippen molar-refractivity contribution in [1.29, 1.82) is 0 Å². The molecule has 13 heavy (non-hydrogen) atoms. The number of hydrogen-bond donors (Lipinski definition) is 3. The number of aliphatic hydroxyl groups is 1. The van der Waals surface area contributed by atoms with Crippen LogP contribution in [0.4, 0.5) is 0 Å². The Morgan fingerprint density at radius 2 is 1.92 bits per heavy atom. The second-order valence-electron chi connectivity index (χ2n) is 2.72. The molecule has 0 spiro atoms. The van der Waals surface area contributed by atoms with E-state index in [2.05, 4.69) is 0 Å². The van der Waals surface area contributed by atoms with Gasteiger partial charge in [-0.2, -0.15) is 0 Å². The first-order valence-corrected chi connectivity index (χ1v) is 3.85. The summed E-state index contributed by atoms with van der Waals surface area (Å²) in [4.78, 5) is 10.5. The van der Waals surface area contributed by atoms with Crippen LogP contribution in [0.2, 0.25) is 0 Å². The lowest BCUT2D eigenvalue weighted by atomic mass is 10.1. The van der Waals surface area contributed by atoms with Gasteiger partial charge in [-0.3, -0.25) is 0 Å². The third-order valence-electron chi connectivity index (χ3n) is 1.78. The maximum absolute atomic E-state index is 10.5. The minimum absolute atomic E-state index is 0.146. The van der Waals surface area contributed by atoms with Gasteiger partial charge in [-0.15, -0.1) is 0 Å². The normalized spacial score (nSPS) is 12.5. The zero-order valence-electron chi connectivity index (χ0n) is 6.97. The van der Waals surface area contributed by atoms with Crippen molar-refractivity contribution in [3.8, 4) is 0 Å². The van der Waals surface area contributed by atoms with Crippen LogP contribution in [-0.4, -0.2) is 22.8 Å². The van der Waals surface area contributed by atoms with E-state index in [-0.39, 0.29) is 12.2 Å². The lowest BCUT2D eigenvalue weighted by Crippen LogP contribution is -2.14. The molecule has 1 atom stereocenters. The Bertz CT molecular complexity index is 294.